The van der Waals surface area contributed by atoms with Crippen LogP contribution < -0.4 is 5.32 Å². The Morgan fingerprint density at radius 1 is 0.643 bits per heavy atom. The molecule has 2 atom stereocenters. The van der Waals surface area contributed by atoms with Crippen molar-refractivity contribution in [1.82, 2.24) is 10.2 Å². The summed E-state index contributed by atoms with van der Waals surface area (Å²) in [6.45, 7) is 4.98. The Morgan fingerprint density at radius 3 is 1.69 bits per heavy atom. The van der Waals surface area contributed by atoms with Crippen LogP contribution in [0.1, 0.15) is 54.4 Å². The van der Waals surface area contributed by atoms with Gasteiger partial charge in [0.2, 0.25) is 0 Å². The van der Waals surface area contributed by atoms with Gasteiger partial charge in [0.1, 0.15) is 0 Å². The zero-order chi connectivity index (χ0) is 28.7. The number of hydrogen-bond acceptors (Lipinski definition) is 4. The lowest BCUT2D eigenvalue weighted by molar-refractivity contribution is 0.0416. The highest BCUT2D eigenvalue weighted by Gasteiger charge is 2.31. The minimum atomic E-state index is 0.254. The fourth-order valence-corrected chi connectivity index (χ4v) is 7.67. The fourth-order valence-electron chi connectivity index (χ4n) is 5.92. The van der Waals surface area contributed by atoms with Gasteiger partial charge in [0.05, 0.1) is 13.2 Å². The van der Waals surface area contributed by atoms with Crippen molar-refractivity contribution in [1.29, 1.82) is 0 Å². The molecule has 1 N–H and O–H groups in total. The van der Waals surface area contributed by atoms with E-state index in [1.54, 1.807) is 0 Å². The van der Waals surface area contributed by atoms with E-state index < -0.39 is 0 Å². The molecule has 0 unspecified atom stereocenters. The second-order valence-corrected chi connectivity index (χ2v) is 13.0. The lowest BCUT2D eigenvalue weighted by Gasteiger charge is -2.39. The minimum Gasteiger partial charge on any atom is -0.375 e. The molecule has 0 saturated heterocycles. The highest BCUT2D eigenvalue weighted by Crippen LogP contribution is 2.34. The maximum atomic E-state index is 6.59. The van der Waals surface area contributed by atoms with Gasteiger partial charge in [-0.3, -0.25) is 4.90 Å². The van der Waals surface area contributed by atoms with E-state index in [-0.39, 0.29) is 6.04 Å². The summed E-state index contributed by atoms with van der Waals surface area (Å²) < 4.78 is 6.59. The summed E-state index contributed by atoms with van der Waals surface area (Å²) in [5, 5.41) is 4.98. The molecule has 0 bridgehead atoms. The molecule has 1 saturated carbocycles. The van der Waals surface area contributed by atoms with Gasteiger partial charge in [0, 0.05) is 42.7 Å². The Morgan fingerprint density at radius 2 is 1.14 bits per heavy atom. The number of nitrogens with one attached hydrogen (secondary N) is 1. The molecule has 1 aliphatic rings. The van der Waals surface area contributed by atoms with Crippen LogP contribution >= 0.6 is 11.8 Å². The molecule has 0 amide bonds. The molecule has 0 spiro atoms. The summed E-state index contributed by atoms with van der Waals surface area (Å²) in [6, 6.07) is 43.5. The summed E-state index contributed by atoms with van der Waals surface area (Å²) in [5.41, 5.74) is 5.26. The molecule has 0 aliphatic heterocycles. The van der Waals surface area contributed by atoms with Gasteiger partial charge in [-0.1, -0.05) is 141 Å². The van der Waals surface area contributed by atoms with Crippen LogP contribution in [0.3, 0.4) is 0 Å². The van der Waals surface area contributed by atoms with E-state index in [4.69, 9.17) is 4.74 Å². The first-order chi connectivity index (χ1) is 20.8. The van der Waals surface area contributed by atoms with Crippen molar-refractivity contribution in [3.05, 3.63) is 144 Å². The minimum absolute atomic E-state index is 0.254. The number of thioether (sulfide) groups is 1. The first-order valence-corrected chi connectivity index (χ1v) is 16.6. The highest BCUT2D eigenvalue weighted by atomic mass is 32.2. The molecule has 0 heterocycles. The largest absolute Gasteiger partial charge is 0.375 e. The fraction of sp³-hybridized carbons (Fsp3) is 0.368. The van der Waals surface area contributed by atoms with Crippen molar-refractivity contribution in [2.45, 2.75) is 74.9 Å². The van der Waals surface area contributed by atoms with Crippen LogP contribution in [-0.2, 0) is 31.0 Å². The van der Waals surface area contributed by atoms with Crippen LogP contribution in [0.25, 0.3) is 0 Å². The van der Waals surface area contributed by atoms with Crippen molar-refractivity contribution in [3.63, 3.8) is 0 Å². The summed E-state index contributed by atoms with van der Waals surface area (Å²) >= 11 is 2.22. The van der Waals surface area contributed by atoms with Gasteiger partial charge in [-0.25, -0.2) is 0 Å². The number of benzene rings is 4. The van der Waals surface area contributed by atoms with Gasteiger partial charge in [0.15, 0.2) is 0 Å². The molecule has 1 aliphatic carbocycles. The Labute approximate surface area is 257 Å². The number of nitrogens with zero attached hydrogens (tertiary/aromatic N) is 1. The van der Waals surface area contributed by atoms with Crippen molar-refractivity contribution in [2.75, 3.05) is 13.2 Å². The third-order valence-electron chi connectivity index (χ3n) is 8.19. The molecule has 42 heavy (non-hydrogen) atoms. The van der Waals surface area contributed by atoms with Crippen molar-refractivity contribution < 1.29 is 4.74 Å². The van der Waals surface area contributed by atoms with E-state index in [2.05, 4.69) is 143 Å². The second-order valence-electron chi connectivity index (χ2n) is 11.5. The lowest BCUT2D eigenvalue weighted by atomic mass is 10.0. The SMILES string of the molecule is c1ccc(CNC[C@H](SC2CCCCC2)[C@H](COCc2ccccc2)N(Cc2ccccc2)Cc2ccccc2)cc1. The molecule has 1 fully saturated rings. The van der Waals surface area contributed by atoms with Gasteiger partial charge < -0.3 is 10.1 Å². The maximum Gasteiger partial charge on any atom is 0.0717 e. The normalized spacial score (nSPS) is 15.5. The summed E-state index contributed by atoms with van der Waals surface area (Å²) in [6.07, 6.45) is 6.75. The summed E-state index contributed by atoms with van der Waals surface area (Å²) in [5.74, 6) is 0. The molecule has 4 heteroatoms. The van der Waals surface area contributed by atoms with Crippen LogP contribution in [0.4, 0.5) is 0 Å². The maximum absolute atomic E-state index is 6.59. The standard InChI is InChI=1S/C38H46N2OS/c1-6-16-32(17-7-1)26-39-27-38(42-36-24-14-5-15-25-36)37(31-41-30-35-22-12-4-13-23-35)40(28-33-18-8-2-9-19-33)29-34-20-10-3-11-21-34/h1-4,6-13,16-23,36-39H,5,14-15,24-31H2/t37-,38-/m0/s1. The number of rotatable bonds is 16. The van der Waals surface area contributed by atoms with Crippen LogP contribution in [0, 0.1) is 0 Å². The van der Waals surface area contributed by atoms with Gasteiger partial charge in [-0.05, 0) is 35.1 Å². The molecule has 3 nitrogen and oxygen atoms in total. The van der Waals surface area contributed by atoms with Crippen LogP contribution in [0.5, 0.6) is 0 Å². The van der Waals surface area contributed by atoms with Crippen LogP contribution in [-0.4, -0.2) is 34.6 Å². The molecule has 4 aromatic rings. The number of hydrogen-bond donors (Lipinski definition) is 1. The number of ether oxygens (including phenoxy) is 1. The Balaban J connectivity index is 1.41. The van der Waals surface area contributed by atoms with Crippen molar-refractivity contribution in [2.24, 2.45) is 0 Å². The Hall–Kier alpha value is -2.89. The lowest BCUT2D eigenvalue weighted by Crippen LogP contribution is -2.49. The third-order valence-corrected chi connectivity index (χ3v) is 9.88. The molecule has 220 valence electrons. The summed E-state index contributed by atoms with van der Waals surface area (Å²) in [7, 11) is 0. The first-order valence-electron chi connectivity index (χ1n) is 15.7. The van der Waals surface area contributed by atoms with Gasteiger partial charge >= 0.3 is 0 Å². The summed E-state index contributed by atoms with van der Waals surface area (Å²) in [4.78, 5) is 2.68. The Bertz CT molecular complexity index is 1210. The molecular formula is C38H46N2OS. The zero-order valence-electron chi connectivity index (χ0n) is 24.8. The first kappa shape index (κ1) is 30.6. The monoisotopic (exact) mass is 578 g/mol. The molecule has 0 radical (unpaired) electrons. The quantitative estimate of drug-likeness (QED) is 0.144. The van der Waals surface area contributed by atoms with Crippen molar-refractivity contribution >= 4 is 11.8 Å². The predicted molar refractivity (Wildman–Crippen MR) is 178 cm³/mol. The molecule has 0 aromatic heterocycles. The van der Waals surface area contributed by atoms with Gasteiger partial charge in [-0.2, -0.15) is 11.8 Å². The third kappa shape index (κ3) is 10.1. The van der Waals surface area contributed by atoms with E-state index in [1.807, 2.05) is 0 Å². The second kappa shape index (κ2) is 17.3. The van der Waals surface area contributed by atoms with Crippen LogP contribution in [0.2, 0.25) is 0 Å². The van der Waals surface area contributed by atoms with Gasteiger partial charge in [0.25, 0.3) is 0 Å². The predicted octanol–water partition coefficient (Wildman–Crippen LogP) is 8.50. The highest BCUT2D eigenvalue weighted by molar-refractivity contribution is 8.00. The zero-order valence-corrected chi connectivity index (χ0v) is 25.6. The molecule has 5 rings (SSSR count). The van der Waals surface area contributed by atoms with E-state index in [0.29, 0.717) is 23.7 Å². The van der Waals surface area contributed by atoms with E-state index >= 15 is 0 Å². The molecular weight excluding hydrogens is 532 g/mol. The van der Waals surface area contributed by atoms with Crippen molar-refractivity contribution in [3.8, 4) is 0 Å². The average Bonchev–Trinajstić information content (AvgIpc) is 3.05. The van der Waals surface area contributed by atoms with E-state index in [1.165, 1.54) is 54.4 Å². The van der Waals surface area contributed by atoms with E-state index in [0.717, 1.165) is 26.2 Å². The topological polar surface area (TPSA) is 24.5 Å². The van der Waals surface area contributed by atoms with Gasteiger partial charge in [-0.15, -0.1) is 0 Å². The average molecular weight is 579 g/mol. The Kier molecular flexibility index (Phi) is 12.6. The van der Waals surface area contributed by atoms with E-state index in [9.17, 15) is 0 Å². The van der Waals surface area contributed by atoms with Crippen LogP contribution in [0.15, 0.2) is 121 Å². The molecule has 4 aromatic carbocycles. The smallest absolute Gasteiger partial charge is 0.0717 e.